The van der Waals surface area contributed by atoms with Crippen LogP contribution in [0.3, 0.4) is 0 Å². The molecule has 2 aromatic rings. The summed E-state index contributed by atoms with van der Waals surface area (Å²) in [6, 6.07) is -0.380. The third-order valence-electron chi connectivity index (χ3n) is 2.06. The van der Waals surface area contributed by atoms with Gasteiger partial charge in [-0.05, 0) is 6.92 Å². The fourth-order valence-corrected chi connectivity index (χ4v) is 1.29. The van der Waals surface area contributed by atoms with Gasteiger partial charge in [-0.3, -0.25) is 4.79 Å². The molecular formula is C8H10N6O. The average Bonchev–Trinajstić information content (AvgIpc) is 2.87. The number of rotatable bonds is 4. The highest BCUT2D eigenvalue weighted by atomic mass is 16.1. The van der Waals surface area contributed by atoms with Gasteiger partial charge in [-0.1, -0.05) is 10.4 Å². The Bertz CT molecular complexity index is 420. The summed E-state index contributed by atoms with van der Waals surface area (Å²) in [6.07, 6.45) is 6.46. The van der Waals surface area contributed by atoms with Crippen LogP contribution in [0.4, 0.5) is 0 Å². The van der Waals surface area contributed by atoms with Crippen LogP contribution in [0.1, 0.15) is 13.0 Å². The molecule has 0 aliphatic rings. The van der Waals surface area contributed by atoms with Crippen LogP contribution < -0.4 is 0 Å². The maximum Gasteiger partial charge on any atom is 0.156 e. The van der Waals surface area contributed by atoms with Crippen LogP contribution in [0, 0.1) is 0 Å². The van der Waals surface area contributed by atoms with E-state index in [2.05, 4.69) is 20.6 Å². The first kappa shape index (κ1) is 9.50. The third-order valence-corrected chi connectivity index (χ3v) is 2.06. The van der Waals surface area contributed by atoms with Gasteiger partial charge in [0.15, 0.2) is 5.78 Å². The van der Waals surface area contributed by atoms with Crippen molar-refractivity contribution in [2.75, 3.05) is 0 Å². The Morgan fingerprint density at radius 1 is 1.27 bits per heavy atom. The second-order valence-electron chi connectivity index (χ2n) is 3.13. The standard InChI is InChI=1S/C8H10N6O/c1-7(15)8(14-5-3-10-12-14)6-13-4-2-9-11-13/h2-5,8H,6H2,1H3. The molecule has 0 N–H and O–H groups in total. The second kappa shape index (κ2) is 3.99. The van der Waals surface area contributed by atoms with Gasteiger partial charge in [0.05, 0.1) is 18.9 Å². The Morgan fingerprint density at radius 3 is 2.53 bits per heavy atom. The summed E-state index contributed by atoms with van der Waals surface area (Å²) in [5, 5.41) is 14.9. The third kappa shape index (κ3) is 2.06. The smallest absolute Gasteiger partial charge is 0.156 e. The quantitative estimate of drug-likeness (QED) is 0.686. The van der Waals surface area contributed by atoms with Gasteiger partial charge in [0.1, 0.15) is 6.04 Å². The van der Waals surface area contributed by atoms with E-state index in [-0.39, 0.29) is 11.8 Å². The highest BCUT2D eigenvalue weighted by Gasteiger charge is 2.17. The molecule has 15 heavy (non-hydrogen) atoms. The molecular weight excluding hydrogens is 196 g/mol. The topological polar surface area (TPSA) is 78.5 Å². The molecule has 0 aliphatic heterocycles. The molecule has 7 heteroatoms. The largest absolute Gasteiger partial charge is 0.298 e. The van der Waals surface area contributed by atoms with E-state index in [4.69, 9.17) is 0 Å². The van der Waals surface area contributed by atoms with Crippen LogP contribution in [0.5, 0.6) is 0 Å². The molecule has 1 atom stereocenters. The zero-order valence-electron chi connectivity index (χ0n) is 8.19. The Hall–Kier alpha value is -2.05. The Morgan fingerprint density at radius 2 is 2.00 bits per heavy atom. The summed E-state index contributed by atoms with van der Waals surface area (Å²) in [7, 11) is 0. The van der Waals surface area contributed by atoms with Crippen molar-refractivity contribution in [1.29, 1.82) is 0 Å². The van der Waals surface area contributed by atoms with Gasteiger partial charge in [0.2, 0.25) is 0 Å². The summed E-state index contributed by atoms with van der Waals surface area (Å²) >= 11 is 0. The molecule has 7 nitrogen and oxygen atoms in total. The van der Waals surface area contributed by atoms with Crippen molar-refractivity contribution < 1.29 is 4.79 Å². The van der Waals surface area contributed by atoms with Crippen molar-refractivity contribution in [1.82, 2.24) is 30.0 Å². The van der Waals surface area contributed by atoms with Crippen LogP contribution in [0.2, 0.25) is 0 Å². The van der Waals surface area contributed by atoms with Crippen LogP contribution >= 0.6 is 0 Å². The van der Waals surface area contributed by atoms with Gasteiger partial charge < -0.3 is 0 Å². The molecule has 1 unspecified atom stereocenters. The van der Waals surface area contributed by atoms with Gasteiger partial charge >= 0.3 is 0 Å². The minimum absolute atomic E-state index is 0.0102. The molecule has 0 bridgehead atoms. The Balaban J connectivity index is 2.18. The number of nitrogens with zero attached hydrogens (tertiary/aromatic N) is 6. The summed E-state index contributed by atoms with van der Waals surface area (Å²) in [4.78, 5) is 11.4. The van der Waals surface area contributed by atoms with Crippen molar-refractivity contribution >= 4 is 5.78 Å². The lowest BCUT2D eigenvalue weighted by Crippen LogP contribution is -2.23. The van der Waals surface area contributed by atoms with Crippen molar-refractivity contribution in [3.05, 3.63) is 24.8 Å². The number of hydrogen-bond donors (Lipinski definition) is 0. The summed E-state index contributed by atoms with van der Waals surface area (Å²) in [6.45, 7) is 1.93. The Kier molecular flexibility index (Phi) is 2.53. The molecule has 0 spiro atoms. The van der Waals surface area contributed by atoms with E-state index < -0.39 is 0 Å². The van der Waals surface area contributed by atoms with Crippen LogP contribution in [0.15, 0.2) is 24.8 Å². The molecule has 0 radical (unpaired) electrons. The highest BCUT2D eigenvalue weighted by Crippen LogP contribution is 2.07. The molecule has 0 aliphatic carbocycles. The number of carbonyl (C=O) groups is 1. The first-order chi connectivity index (χ1) is 7.27. The molecule has 0 saturated carbocycles. The van der Waals surface area contributed by atoms with E-state index in [0.29, 0.717) is 6.54 Å². The lowest BCUT2D eigenvalue weighted by atomic mass is 10.2. The molecule has 0 aromatic carbocycles. The van der Waals surface area contributed by atoms with E-state index >= 15 is 0 Å². The second-order valence-corrected chi connectivity index (χ2v) is 3.13. The molecule has 2 aromatic heterocycles. The normalized spacial score (nSPS) is 12.6. The molecule has 0 fully saturated rings. The molecule has 2 heterocycles. The highest BCUT2D eigenvalue weighted by molar-refractivity contribution is 5.79. The number of hydrogen-bond acceptors (Lipinski definition) is 5. The summed E-state index contributed by atoms with van der Waals surface area (Å²) in [5.41, 5.74) is 0. The first-order valence-corrected chi connectivity index (χ1v) is 4.47. The predicted molar refractivity (Wildman–Crippen MR) is 49.8 cm³/mol. The number of ketones is 1. The predicted octanol–water partition coefficient (Wildman–Crippen LogP) is -0.300. The van der Waals surface area contributed by atoms with Crippen molar-refractivity contribution in [2.24, 2.45) is 0 Å². The van der Waals surface area contributed by atoms with Gasteiger partial charge in [-0.25, -0.2) is 9.36 Å². The van der Waals surface area contributed by atoms with E-state index in [0.717, 1.165) is 0 Å². The average molecular weight is 206 g/mol. The van der Waals surface area contributed by atoms with Crippen LogP contribution in [0.25, 0.3) is 0 Å². The minimum atomic E-state index is -0.380. The molecule has 2 rings (SSSR count). The fraction of sp³-hybridized carbons (Fsp3) is 0.375. The maximum atomic E-state index is 11.4. The van der Waals surface area contributed by atoms with Gasteiger partial charge in [-0.15, -0.1) is 10.2 Å². The zero-order valence-corrected chi connectivity index (χ0v) is 8.19. The lowest BCUT2D eigenvalue weighted by Gasteiger charge is -2.12. The monoisotopic (exact) mass is 206 g/mol. The molecule has 0 amide bonds. The number of carbonyl (C=O) groups excluding carboxylic acids is 1. The number of aromatic nitrogens is 6. The summed E-state index contributed by atoms with van der Waals surface area (Å²) in [5.74, 6) is 0.0102. The van der Waals surface area contributed by atoms with Gasteiger partial charge in [0.25, 0.3) is 0 Å². The number of Topliss-reactive ketones (excluding diaryl/α,β-unsaturated/α-hetero) is 1. The summed E-state index contributed by atoms with van der Waals surface area (Å²) < 4.78 is 3.11. The lowest BCUT2D eigenvalue weighted by molar-refractivity contribution is -0.120. The Labute approximate surface area is 85.7 Å². The van der Waals surface area contributed by atoms with Gasteiger partial charge in [0, 0.05) is 12.4 Å². The van der Waals surface area contributed by atoms with E-state index in [9.17, 15) is 4.79 Å². The fourth-order valence-electron chi connectivity index (χ4n) is 1.29. The first-order valence-electron chi connectivity index (χ1n) is 4.47. The van der Waals surface area contributed by atoms with E-state index in [1.165, 1.54) is 17.8 Å². The maximum absolute atomic E-state index is 11.4. The van der Waals surface area contributed by atoms with Crippen molar-refractivity contribution in [3.8, 4) is 0 Å². The van der Waals surface area contributed by atoms with Crippen molar-refractivity contribution in [3.63, 3.8) is 0 Å². The van der Waals surface area contributed by atoms with E-state index in [1.54, 1.807) is 23.3 Å². The van der Waals surface area contributed by atoms with Crippen molar-refractivity contribution in [2.45, 2.75) is 19.5 Å². The SMILES string of the molecule is CC(=O)C(Cn1ccnn1)n1ccnn1. The van der Waals surface area contributed by atoms with E-state index in [1.807, 2.05) is 0 Å². The minimum Gasteiger partial charge on any atom is -0.298 e. The van der Waals surface area contributed by atoms with Crippen LogP contribution in [-0.4, -0.2) is 35.8 Å². The molecule has 78 valence electrons. The van der Waals surface area contributed by atoms with Crippen LogP contribution in [-0.2, 0) is 11.3 Å². The molecule has 0 saturated heterocycles. The van der Waals surface area contributed by atoms with Gasteiger partial charge in [-0.2, -0.15) is 0 Å². The zero-order chi connectivity index (χ0) is 10.7.